The number of nitrogens with one attached hydrogen (secondary N) is 1. The van der Waals surface area contributed by atoms with Gasteiger partial charge in [0.25, 0.3) is 0 Å². The molecular weight excluding hydrogens is 202 g/mol. The first-order valence-corrected chi connectivity index (χ1v) is 6.17. The molecule has 3 N–H and O–H groups in total. The van der Waals surface area contributed by atoms with Gasteiger partial charge in [-0.05, 0) is 31.6 Å². The molecule has 0 amide bonds. The number of methoxy groups -OCH3 is 1. The third-order valence-electron chi connectivity index (χ3n) is 3.26. The number of nitrogens with zero attached hydrogens (tertiary/aromatic N) is 1. The van der Waals surface area contributed by atoms with Gasteiger partial charge in [0.2, 0.25) is 0 Å². The van der Waals surface area contributed by atoms with E-state index in [9.17, 15) is 0 Å². The van der Waals surface area contributed by atoms with Crippen molar-refractivity contribution in [2.24, 2.45) is 16.6 Å². The fourth-order valence-corrected chi connectivity index (χ4v) is 1.77. The van der Waals surface area contributed by atoms with Gasteiger partial charge in [-0.25, -0.2) is 0 Å². The highest BCUT2D eigenvalue weighted by Gasteiger charge is 2.36. The van der Waals surface area contributed by atoms with E-state index in [1.54, 1.807) is 7.11 Å². The van der Waals surface area contributed by atoms with Gasteiger partial charge >= 0.3 is 0 Å². The Hall–Kier alpha value is -0.770. The van der Waals surface area contributed by atoms with Crippen LogP contribution in [-0.4, -0.2) is 31.8 Å². The topological polar surface area (TPSA) is 59.6 Å². The second-order valence-electron chi connectivity index (χ2n) is 5.05. The number of guanidine groups is 1. The molecule has 4 nitrogen and oxygen atoms in total. The molecule has 16 heavy (non-hydrogen) atoms. The van der Waals surface area contributed by atoms with Crippen molar-refractivity contribution in [3.63, 3.8) is 0 Å². The molecule has 0 unspecified atom stereocenters. The molecule has 0 atom stereocenters. The summed E-state index contributed by atoms with van der Waals surface area (Å²) >= 11 is 0. The number of ether oxygens (including phenoxy) is 1. The smallest absolute Gasteiger partial charge is 0.188 e. The molecule has 0 spiro atoms. The van der Waals surface area contributed by atoms with Crippen molar-refractivity contribution in [3.8, 4) is 0 Å². The lowest BCUT2D eigenvalue weighted by Crippen LogP contribution is -2.43. The van der Waals surface area contributed by atoms with Crippen molar-refractivity contribution < 1.29 is 4.74 Å². The number of hydrogen-bond donors (Lipinski definition) is 2. The standard InChI is InChI=1S/C12H25N3O/c1-10(2)5-8-14-11(13)15-9-12(16-3)6-4-7-12/h10H,4-9H2,1-3H3,(H3,13,14,15). The van der Waals surface area contributed by atoms with Crippen LogP contribution in [0, 0.1) is 5.92 Å². The quantitative estimate of drug-likeness (QED) is 0.534. The molecule has 1 saturated carbocycles. The number of nitrogens with two attached hydrogens (primary N) is 1. The van der Waals surface area contributed by atoms with Gasteiger partial charge in [-0.2, -0.15) is 0 Å². The largest absolute Gasteiger partial charge is 0.376 e. The van der Waals surface area contributed by atoms with Crippen LogP contribution in [0.15, 0.2) is 4.99 Å². The lowest BCUT2D eigenvalue weighted by atomic mass is 9.80. The lowest BCUT2D eigenvalue weighted by molar-refractivity contribution is -0.0630. The summed E-state index contributed by atoms with van der Waals surface area (Å²) in [5.74, 6) is 1.24. The first-order chi connectivity index (χ1) is 7.58. The molecule has 0 aromatic carbocycles. The summed E-state index contributed by atoms with van der Waals surface area (Å²) in [5.41, 5.74) is 5.76. The zero-order chi connectivity index (χ0) is 12.0. The molecule has 1 aliphatic rings. The van der Waals surface area contributed by atoms with Gasteiger partial charge in [0.05, 0.1) is 12.1 Å². The maximum absolute atomic E-state index is 5.78. The Morgan fingerprint density at radius 1 is 1.50 bits per heavy atom. The molecule has 0 saturated heterocycles. The maximum atomic E-state index is 5.78. The van der Waals surface area contributed by atoms with Gasteiger partial charge in [-0.3, -0.25) is 4.99 Å². The van der Waals surface area contributed by atoms with Crippen LogP contribution in [0.3, 0.4) is 0 Å². The Balaban J connectivity index is 2.22. The molecular formula is C12H25N3O. The molecule has 0 aliphatic heterocycles. The summed E-state index contributed by atoms with van der Waals surface area (Å²) < 4.78 is 5.48. The molecule has 0 aromatic rings. The minimum atomic E-state index is -0.0235. The molecule has 0 heterocycles. The van der Waals surface area contributed by atoms with Gasteiger partial charge in [-0.1, -0.05) is 13.8 Å². The van der Waals surface area contributed by atoms with Crippen LogP contribution in [0.4, 0.5) is 0 Å². The highest BCUT2D eigenvalue weighted by atomic mass is 16.5. The minimum Gasteiger partial charge on any atom is -0.376 e. The number of aliphatic imine (C=N–C) groups is 1. The van der Waals surface area contributed by atoms with Crippen molar-refractivity contribution in [1.82, 2.24) is 5.32 Å². The van der Waals surface area contributed by atoms with Crippen LogP contribution < -0.4 is 11.1 Å². The first kappa shape index (κ1) is 13.3. The second kappa shape index (κ2) is 6.09. The molecule has 4 heteroatoms. The van der Waals surface area contributed by atoms with Crippen molar-refractivity contribution >= 4 is 5.96 Å². The summed E-state index contributed by atoms with van der Waals surface area (Å²) in [5, 5.41) is 3.13. The molecule has 1 rings (SSSR count). The molecule has 0 bridgehead atoms. The van der Waals surface area contributed by atoms with E-state index in [1.165, 1.54) is 6.42 Å². The van der Waals surface area contributed by atoms with Crippen LogP contribution in [0.2, 0.25) is 0 Å². The lowest BCUT2D eigenvalue weighted by Gasteiger charge is -2.39. The van der Waals surface area contributed by atoms with E-state index >= 15 is 0 Å². The molecule has 0 radical (unpaired) electrons. The minimum absolute atomic E-state index is 0.0235. The first-order valence-electron chi connectivity index (χ1n) is 6.17. The summed E-state index contributed by atoms with van der Waals surface area (Å²) in [4.78, 5) is 4.34. The van der Waals surface area contributed by atoms with Gasteiger partial charge in [0.1, 0.15) is 0 Å². The Morgan fingerprint density at radius 2 is 2.19 bits per heavy atom. The van der Waals surface area contributed by atoms with Gasteiger partial charge in [0, 0.05) is 13.7 Å². The van der Waals surface area contributed by atoms with E-state index < -0.39 is 0 Å². The van der Waals surface area contributed by atoms with E-state index in [2.05, 4.69) is 24.2 Å². The number of rotatable bonds is 6. The van der Waals surface area contributed by atoms with Crippen LogP contribution in [0.25, 0.3) is 0 Å². The summed E-state index contributed by atoms with van der Waals surface area (Å²) in [6, 6.07) is 0. The highest BCUT2D eigenvalue weighted by Crippen LogP contribution is 2.35. The predicted octanol–water partition coefficient (Wildman–Crippen LogP) is 1.51. The highest BCUT2D eigenvalue weighted by molar-refractivity contribution is 5.77. The third-order valence-corrected chi connectivity index (χ3v) is 3.26. The fourth-order valence-electron chi connectivity index (χ4n) is 1.77. The Labute approximate surface area is 98.6 Å². The Bertz CT molecular complexity index is 229. The van der Waals surface area contributed by atoms with Gasteiger partial charge in [0.15, 0.2) is 5.96 Å². The molecule has 94 valence electrons. The summed E-state index contributed by atoms with van der Waals surface area (Å²) in [6.07, 6.45) is 4.56. The van der Waals surface area contributed by atoms with Gasteiger partial charge < -0.3 is 15.8 Å². The van der Waals surface area contributed by atoms with E-state index in [4.69, 9.17) is 10.5 Å². The predicted molar refractivity (Wildman–Crippen MR) is 67.5 cm³/mol. The van der Waals surface area contributed by atoms with Crippen molar-refractivity contribution in [3.05, 3.63) is 0 Å². The van der Waals surface area contributed by atoms with Crippen molar-refractivity contribution in [1.29, 1.82) is 0 Å². The second-order valence-corrected chi connectivity index (χ2v) is 5.05. The van der Waals surface area contributed by atoms with E-state index in [1.807, 2.05) is 0 Å². The average Bonchev–Trinajstić information content (AvgIpc) is 2.16. The molecule has 1 aliphatic carbocycles. The molecule has 0 aromatic heterocycles. The zero-order valence-corrected chi connectivity index (χ0v) is 10.8. The Kier molecular flexibility index (Phi) is 5.06. The summed E-state index contributed by atoms with van der Waals surface area (Å²) in [6.45, 7) is 5.98. The van der Waals surface area contributed by atoms with Crippen LogP contribution >= 0.6 is 0 Å². The zero-order valence-electron chi connectivity index (χ0n) is 10.8. The normalized spacial score (nSPS) is 19.6. The SMILES string of the molecule is COC1(CN=C(N)NCCC(C)C)CCC1. The average molecular weight is 227 g/mol. The third kappa shape index (κ3) is 4.00. The monoisotopic (exact) mass is 227 g/mol. The van der Waals surface area contributed by atoms with Crippen molar-refractivity contribution in [2.45, 2.75) is 45.1 Å². The summed E-state index contributed by atoms with van der Waals surface area (Å²) in [7, 11) is 1.76. The fraction of sp³-hybridized carbons (Fsp3) is 0.917. The Morgan fingerprint density at radius 3 is 2.62 bits per heavy atom. The van der Waals surface area contributed by atoms with Gasteiger partial charge in [-0.15, -0.1) is 0 Å². The van der Waals surface area contributed by atoms with Crippen LogP contribution in [-0.2, 0) is 4.74 Å². The van der Waals surface area contributed by atoms with E-state index in [-0.39, 0.29) is 5.60 Å². The van der Waals surface area contributed by atoms with Crippen LogP contribution in [0.5, 0.6) is 0 Å². The van der Waals surface area contributed by atoms with E-state index in [0.29, 0.717) is 18.4 Å². The number of hydrogen-bond acceptors (Lipinski definition) is 2. The maximum Gasteiger partial charge on any atom is 0.188 e. The molecule has 1 fully saturated rings. The van der Waals surface area contributed by atoms with Crippen molar-refractivity contribution in [2.75, 3.05) is 20.2 Å². The van der Waals surface area contributed by atoms with E-state index in [0.717, 1.165) is 25.8 Å². The van der Waals surface area contributed by atoms with Crippen LogP contribution in [0.1, 0.15) is 39.5 Å².